The number of fused-ring (bicyclic) bond motifs is 6. The molecule has 0 unspecified atom stereocenters. The van der Waals surface area contributed by atoms with E-state index in [0.29, 0.717) is 15.1 Å². The summed E-state index contributed by atoms with van der Waals surface area (Å²) in [4.78, 5) is 31.0. The van der Waals surface area contributed by atoms with Gasteiger partial charge in [0, 0.05) is 24.4 Å². The van der Waals surface area contributed by atoms with Gasteiger partial charge in [-0.05, 0) is 26.0 Å². The summed E-state index contributed by atoms with van der Waals surface area (Å²) in [5, 5.41) is 4.32. The van der Waals surface area contributed by atoms with E-state index in [-0.39, 0.29) is 5.56 Å². The quantitative estimate of drug-likeness (QED) is 0.653. The van der Waals surface area contributed by atoms with Crippen LogP contribution in [-0.2, 0) is 11.8 Å². The Balaban J connectivity index is 1.82. The molecule has 1 aromatic carbocycles. The first-order valence-corrected chi connectivity index (χ1v) is 10.0. The van der Waals surface area contributed by atoms with Gasteiger partial charge in [-0.25, -0.2) is 4.99 Å². The number of carbonyl (C=O) groups is 1. The van der Waals surface area contributed by atoms with E-state index in [1.54, 1.807) is 16.2 Å². The highest BCUT2D eigenvalue weighted by Gasteiger charge is 2.54. The molecule has 5 rings (SSSR count). The molecular formula is C20H19N5O3S. The number of aromatic nitrogens is 3. The van der Waals surface area contributed by atoms with Crippen LogP contribution in [-0.4, -0.2) is 26.0 Å². The van der Waals surface area contributed by atoms with Crippen LogP contribution in [0.15, 0.2) is 40.2 Å². The number of primary amides is 1. The Morgan fingerprint density at radius 2 is 2.14 bits per heavy atom. The monoisotopic (exact) mass is 409 g/mol. The van der Waals surface area contributed by atoms with Crippen molar-refractivity contribution in [3.05, 3.63) is 67.0 Å². The Bertz CT molecular complexity index is 1350. The molecule has 2 aromatic heterocycles. The van der Waals surface area contributed by atoms with Crippen molar-refractivity contribution in [2.24, 2.45) is 23.7 Å². The molecular weight excluding hydrogens is 390 g/mol. The lowest BCUT2D eigenvalue weighted by molar-refractivity contribution is -0.133. The van der Waals surface area contributed by atoms with E-state index < -0.39 is 23.6 Å². The molecule has 0 radical (unpaired) electrons. The highest BCUT2D eigenvalue weighted by molar-refractivity contribution is 7.07. The summed E-state index contributed by atoms with van der Waals surface area (Å²) in [6, 6.07) is 6.84. The Morgan fingerprint density at radius 1 is 1.38 bits per heavy atom. The van der Waals surface area contributed by atoms with Crippen LogP contribution in [0.25, 0.3) is 6.08 Å². The summed E-state index contributed by atoms with van der Waals surface area (Å²) < 4.78 is 9.93. The number of nitrogens with two attached hydrogens (primary N) is 1. The van der Waals surface area contributed by atoms with Gasteiger partial charge in [-0.2, -0.15) is 5.10 Å². The first kappa shape index (κ1) is 17.9. The van der Waals surface area contributed by atoms with Gasteiger partial charge in [-0.1, -0.05) is 29.5 Å². The lowest BCUT2D eigenvalue weighted by Gasteiger charge is -2.44. The molecule has 4 heterocycles. The van der Waals surface area contributed by atoms with Gasteiger partial charge in [0.1, 0.15) is 11.7 Å². The van der Waals surface area contributed by atoms with E-state index in [4.69, 9.17) is 10.5 Å². The van der Waals surface area contributed by atoms with Crippen LogP contribution in [0.5, 0.6) is 5.75 Å². The highest BCUT2D eigenvalue weighted by atomic mass is 32.1. The summed E-state index contributed by atoms with van der Waals surface area (Å²) >= 11 is 1.28. The average molecular weight is 409 g/mol. The molecule has 0 spiro atoms. The van der Waals surface area contributed by atoms with Gasteiger partial charge in [-0.15, -0.1) is 0 Å². The number of carbonyl (C=O) groups excluding carboxylic acids is 1. The summed E-state index contributed by atoms with van der Waals surface area (Å²) in [5.41, 5.74) is 6.83. The molecule has 8 nitrogen and oxygen atoms in total. The van der Waals surface area contributed by atoms with Crippen molar-refractivity contribution in [3.63, 3.8) is 0 Å². The molecule has 1 amide bonds. The van der Waals surface area contributed by atoms with Crippen LogP contribution in [0, 0.1) is 12.8 Å². The number of nitrogens with zero attached hydrogens (tertiary/aromatic N) is 4. The number of hydrogen-bond acceptors (Lipinski definition) is 6. The van der Waals surface area contributed by atoms with Crippen LogP contribution >= 0.6 is 11.3 Å². The summed E-state index contributed by atoms with van der Waals surface area (Å²) in [6.07, 6.45) is 3.67. The topological polar surface area (TPSA) is 104 Å². The van der Waals surface area contributed by atoms with Crippen molar-refractivity contribution in [1.29, 1.82) is 0 Å². The molecule has 0 aliphatic carbocycles. The van der Waals surface area contributed by atoms with Crippen molar-refractivity contribution < 1.29 is 9.53 Å². The molecule has 148 valence electrons. The van der Waals surface area contributed by atoms with Crippen molar-refractivity contribution in [2.75, 3.05) is 0 Å². The fraction of sp³-hybridized carbons (Fsp3) is 0.300. The number of benzene rings is 1. The third-order valence-electron chi connectivity index (χ3n) is 5.52. The predicted molar refractivity (Wildman–Crippen MR) is 107 cm³/mol. The fourth-order valence-electron chi connectivity index (χ4n) is 4.28. The first-order chi connectivity index (χ1) is 13.8. The zero-order chi connectivity index (χ0) is 20.5. The van der Waals surface area contributed by atoms with Crippen molar-refractivity contribution in [3.8, 4) is 5.75 Å². The number of rotatable bonds is 2. The number of ether oxygens (including phenoxy) is 1. The minimum atomic E-state index is -1.16. The minimum Gasteiger partial charge on any atom is -0.465 e. The van der Waals surface area contributed by atoms with Gasteiger partial charge in [0.25, 0.3) is 5.56 Å². The second-order valence-corrected chi connectivity index (χ2v) is 8.55. The molecule has 2 bridgehead atoms. The van der Waals surface area contributed by atoms with E-state index in [0.717, 1.165) is 16.8 Å². The van der Waals surface area contributed by atoms with Gasteiger partial charge in [0.15, 0.2) is 4.80 Å². The third kappa shape index (κ3) is 2.50. The molecule has 29 heavy (non-hydrogen) atoms. The normalized spacial score (nSPS) is 25.0. The number of hydrogen-bond donors (Lipinski definition) is 1. The first-order valence-electron chi connectivity index (χ1n) is 9.19. The van der Waals surface area contributed by atoms with Crippen LogP contribution in [0.4, 0.5) is 0 Å². The SMILES string of the molecule is Cc1nn(C)cc1/C=c1\sc2n(c1=O)[C@H]1c3ccccc3O[C@](C)(N=2)[C@H]1C(N)=O. The second-order valence-electron chi connectivity index (χ2n) is 7.54. The molecule has 2 aliphatic rings. The van der Waals surface area contributed by atoms with E-state index in [9.17, 15) is 9.59 Å². The predicted octanol–water partition coefficient (Wildman–Crippen LogP) is 0.213. The second kappa shape index (κ2) is 5.90. The molecule has 3 atom stereocenters. The van der Waals surface area contributed by atoms with Gasteiger partial charge in [0.2, 0.25) is 11.6 Å². The smallest absolute Gasteiger partial charge is 0.270 e. The van der Waals surface area contributed by atoms with Crippen molar-refractivity contribution >= 4 is 23.3 Å². The summed E-state index contributed by atoms with van der Waals surface area (Å²) in [7, 11) is 1.83. The largest absolute Gasteiger partial charge is 0.465 e. The van der Waals surface area contributed by atoms with Crippen molar-refractivity contribution in [1.82, 2.24) is 14.3 Å². The maximum absolute atomic E-state index is 13.4. The Hall–Kier alpha value is -3.20. The molecule has 0 fully saturated rings. The van der Waals surface area contributed by atoms with Crippen LogP contribution < -0.4 is 25.4 Å². The maximum atomic E-state index is 13.4. The lowest BCUT2D eigenvalue weighted by atomic mass is 9.81. The van der Waals surface area contributed by atoms with Crippen LogP contribution in [0.2, 0.25) is 0 Å². The minimum absolute atomic E-state index is 0.202. The molecule has 2 aliphatic heterocycles. The number of thiazole rings is 1. The Labute approximate surface area is 169 Å². The van der Waals surface area contributed by atoms with Crippen LogP contribution in [0.1, 0.15) is 29.8 Å². The van der Waals surface area contributed by atoms with E-state index in [2.05, 4.69) is 10.1 Å². The van der Waals surface area contributed by atoms with Gasteiger partial charge < -0.3 is 10.5 Å². The van der Waals surface area contributed by atoms with Crippen LogP contribution in [0.3, 0.4) is 0 Å². The van der Waals surface area contributed by atoms with Gasteiger partial charge in [-0.3, -0.25) is 18.8 Å². The number of aryl methyl sites for hydroxylation is 2. The number of amides is 1. The zero-order valence-corrected chi connectivity index (χ0v) is 16.9. The standard InChI is InChI=1S/C20H19N5O3S/c1-10-11(9-24(3)23-10)8-14-18(27)25-16-12-6-4-5-7-13(12)28-20(2,15(16)17(21)26)22-19(25)29-14/h4-9,15-16H,1-3H3,(H2,21,26)/b14-8-/t15-,16+,20+/m1/s1. The molecule has 9 heteroatoms. The maximum Gasteiger partial charge on any atom is 0.270 e. The van der Waals surface area contributed by atoms with E-state index in [1.807, 2.05) is 50.5 Å². The van der Waals surface area contributed by atoms with E-state index >= 15 is 0 Å². The van der Waals surface area contributed by atoms with Gasteiger partial charge in [0.05, 0.1) is 16.3 Å². The van der Waals surface area contributed by atoms with Gasteiger partial charge >= 0.3 is 0 Å². The fourth-order valence-corrected chi connectivity index (χ4v) is 5.37. The Morgan fingerprint density at radius 3 is 2.83 bits per heavy atom. The number of para-hydroxylation sites is 1. The van der Waals surface area contributed by atoms with Crippen molar-refractivity contribution in [2.45, 2.75) is 25.6 Å². The molecule has 3 aromatic rings. The summed E-state index contributed by atoms with van der Waals surface area (Å²) in [6.45, 7) is 3.64. The molecule has 2 N–H and O–H groups in total. The van der Waals surface area contributed by atoms with E-state index in [1.165, 1.54) is 11.3 Å². The summed E-state index contributed by atoms with van der Waals surface area (Å²) in [5.74, 6) is -0.725. The zero-order valence-electron chi connectivity index (χ0n) is 16.1. The highest BCUT2D eigenvalue weighted by Crippen LogP contribution is 2.46. The Kier molecular flexibility index (Phi) is 3.63. The molecule has 0 saturated carbocycles. The molecule has 0 saturated heterocycles. The third-order valence-corrected chi connectivity index (χ3v) is 6.51. The average Bonchev–Trinajstić information content (AvgIpc) is 3.11. The lowest BCUT2D eigenvalue weighted by Crippen LogP contribution is -2.59.